The third-order valence-electron chi connectivity index (χ3n) is 4.44. The summed E-state index contributed by atoms with van der Waals surface area (Å²) in [6.07, 6.45) is 7.81. The smallest absolute Gasteiger partial charge is 0.173 e. The molecule has 0 unspecified atom stereocenters. The van der Waals surface area contributed by atoms with Crippen molar-refractivity contribution in [2.75, 3.05) is 10.6 Å². The molecule has 1 saturated carbocycles. The van der Waals surface area contributed by atoms with Gasteiger partial charge in [0, 0.05) is 25.0 Å². The van der Waals surface area contributed by atoms with E-state index in [2.05, 4.69) is 41.6 Å². The minimum atomic E-state index is -0.321. The fourth-order valence-corrected chi connectivity index (χ4v) is 3.48. The Morgan fingerprint density at radius 3 is 3.00 bits per heavy atom. The largest absolute Gasteiger partial charge is 0.391 e. The lowest BCUT2D eigenvalue weighted by atomic mass is 10.2. The summed E-state index contributed by atoms with van der Waals surface area (Å²) in [6.45, 7) is 0.635. The summed E-state index contributed by atoms with van der Waals surface area (Å²) >= 11 is 3.50. The van der Waals surface area contributed by atoms with Crippen molar-refractivity contribution in [3.63, 3.8) is 0 Å². The highest BCUT2D eigenvalue weighted by Gasteiger charge is 2.25. The quantitative estimate of drug-likeness (QED) is 0.608. The molecule has 7 nitrogen and oxygen atoms in total. The summed E-state index contributed by atoms with van der Waals surface area (Å²) in [5.74, 6) is 1.56. The summed E-state index contributed by atoms with van der Waals surface area (Å²) in [5.41, 5.74) is 1.81. The lowest BCUT2D eigenvalue weighted by Crippen LogP contribution is -2.28. The molecule has 3 aromatic rings. The minimum absolute atomic E-state index is 0.0443. The molecule has 0 amide bonds. The van der Waals surface area contributed by atoms with Gasteiger partial charge in [-0.15, -0.1) is 0 Å². The number of rotatable bonds is 5. The molecule has 1 aliphatic rings. The lowest BCUT2D eigenvalue weighted by Gasteiger charge is -2.18. The summed E-state index contributed by atoms with van der Waals surface area (Å²) in [5, 5.41) is 21.2. The van der Waals surface area contributed by atoms with E-state index in [-0.39, 0.29) is 12.1 Å². The van der Waals surface area contributed by atoms with Gasteiger partial charge in [0.25, 0.3) is 0 Å². The van der Waals surface area contributed by atoms with Crippen LogP contribution >= 0.6 is 15.9 Å². The zero-order chi connectivity index (χ0) is 17.2. The number of aromatic nitrogens is 4. The third kappa shape index (κ3) is 3.45. The van der Waals surface area contributed by atoms with Crippen LogP contribution in [-0.4, -0.2) is 36.8 Å². The average molecular weight is 403 g/mol. The van der Waals surface area contributed by atoms with Crippen molar-refractivity contribution in [3.05, 3.63) is 46.8 Å². The second-order valence-corrected chi connectivity index (χ2v) is 7.07. The number of halogens is 1. The molecular formula is C17H19BrN6O. The number of nitrogens with one attached hydrogen (secondary N) is 2. The number of nitrogens with zero attached hydrogens (tertiary/aromatic N) is 4. The first kappa shape index (κ1) is 16.3. The summed E-state index contributed by atoms with van der Waals surface area (Å²) in [6, 6.07) is 5.90. The Morgan fingerprint density at radius 2 is 2.24 bits per heavy atom. The van der Waals surface area contributed by atoms with Crippen LogP contribution in [0.25, 0.3) is 5.65 Å². The Labute approximate surface area is 153 Å². The minimum Gasteiger partial charge on any atom is -0.391 e. The van der Waals surface area contributed by atoms with Crippen LogP contribution in [0.2, 0.25) is 0 Å². The van der Waals surface area contributed by atoms with Gasteiger partial charge in [-0.05, 0) is 46.8 Å². The van der Waals surface area contributed by atoms with Gasteiger partial charge in [0.2, 0.25) is 0 Å². The molecule has 1 aliphatic carbocycles. The molecule has 0 radical (unpaired) electrons. The molecule has 4 rings (SSSR count). The van der Waals surface area contributed by atoms with Crippen LogP contribution in [-0.2, 0) is 6.54 Å². The first-order valence-electron chi connectivity index (χ1n) is 8.32. The summed E-state index contributed by atoms with van der Waals surface area (Å²) in [7, 11) is 0. The maximum atomic E-state index is 10.1. The van der Waals surface area contributed by atoms with Gasteiger partial charge in [-0.1, -0.05) is 6.07 Å². The molecule has 8 heteroatoms. The lowest BCUT2D eigenvalue weighted by molar-refractivity contribution is 0.171. The molecule has 3 heterocycles. The zero-order valence-electron chi connectivity index (χ0n) is 13.6. The van der Waals surface area contributed by atoms with Crippen molar-refractivity contribution in [3.8, 4) is 0 Å². The molecule has 0 aliphatic heterocycles. The zero-order valence-corrected chi connectivity index (χ0v) is 15.1. The predicted octanol–water partition coefficient (Wildman–Crippen LogP) is 2.82. The molecule has 130 valence electrons. The van der Waals surface area contributed by atoms with Crippen molar-refractivity contribution in [1.82, 2.24) is 19.6 Å². The van der Waals surface area contributed by atoms with E-state index in [0.717, 1.165) is 46.6 Å². The van der Waals surface area contributed by atoms with E-state index in [1.807, 2.05) is 24.4 Å². The molecule has 3 N–H and O–H groups in total. The van der Waals surface area contributed by atoms with E-state index < -0.39 is 0 Å². The van der Waals surface area contributed by atoms with Gasteiger partial charge in [-0.3, -0.25) is 4.98 Å². The van der Waals surface area contributed by atoms with Gasteiger partial charge >= 0.3 is 0 Å². The highest BCUT2D eigenvalue weighted by Crippen LogP contribution is 2.26. The number of pyridine rings is 1. The Hall–Kier alpha value is -2.19. The fourth-order valence-electron chi connectivity index (χ4n) is 3.13. The van der Waals surface area contributed by atoms with E-state index in [9.17, 15) is 5.11 Å². The van der Waals surface area contributed by atoms with E-state index in [1.165, 1.54) is 0 Å². The molecule has 25 heavy (non-hydrogen) atoms. The Morgan fingerprint density at radius 1 is 1.32 bits per heavy atom. The molecule has 2 atom stereocenters. The van der Waals surface area contributed by atoms with Gasteiger partial charge in [-0.2, -0.15) is 9.61 Å². The van der Waals surface area contributed by atoms with Crippen molar-refractivity contribution in [1.29, 1.82) is 0 Å². The van der Waals surface area contributed by atoms with Gasteiger partial charge < -0.3 is 15.7 Å². The Kier molecular flexibility index (Phi) is 4.54. The molecule has 0 bridgehead atoms. The maximum absolute atomic E-state index is 10.1. The van der Waals surface area contributed by atoms with Crippen LogP contribution in [0.4, 0.5) is 11.6 Å². The highest BCUT2D eigenvalue weighted by atomic mass is 79.9. The van der Waals surface area contributed by atoms with Crippen molar-refractivity contribution < 1.29 is 5.11 Å². The van der Waals surface area contributed by atoms with Gasteiger partial charge in [0.1, 0.15) is 11.6 Å². The van der Waals surface area contributed by atoms with Gasteiger partial charge in [0.15, 0.2) is 5.65 Å². The Bertz CT molecular complexity index is 868. The first-order valence-corrected chi connectivity index (χ1v) is 9.11. The predicted molar refractivity (Wildman–Crippen MR) is 99.5 cm³/mol. The fraction of sp³-hybridized carbons (Fsp3) is 0.353. The Balaban J connectivity index is 1.62. The van der Waals surface area contributed by atoms with Crippen molar-refractivity contribution in [2.45, 2.75) is 38.0 Å². The number of aliphatic hydroxyl groups is 1. The second kappa shape index (κ2) is 6.97. The molecule has 0 aromatic carbocycles. The highest BCUT2D eigenvalue weighted by molar-refractivity contribution is 9.10. The SMILES string of the molecule is O[C@@H]1CCC[C@H]1Nc1cc(NCc2cccnc2)n2ncc(Br)c2n1. The van der Waals surface area contributed by atoms with Gasteiger partial charge in [-0.25, -0.2) is 4.98 Å². The van der Waals surface area contributed by atoms with Crippen LogP contribution in [0.1, 0.15) is 24.8 Å². The van der Waals surface area contributed by atoms with Gasteiger partial charge in [0.05, 0.1) is 22.8 Å². The van der Waals surface area contributed by atoms with E-state index in [1.54, 1.807) is 16.9 Å². The molecule has 0 saturated heterocycles. The number of aliphatic hydroxyl groups excluding tert-OH is 1. The van der Waals surface area contributed by atoms with E-state index in [0.29, 0.717) is 6.54 Å². The molecular weight excluding hydrogens is 384 g/mol. The average Bonchev–Trinajstić information content (AvgIpc) is 3.20. The van der Waals surface area contributed by atoms with Crippen molar-refractivity contribution in [2.24, 2.45) is 0 Å². The van der Waals surface area contributed by atoms with Crippen LogP contribution < -0.4 is 10.6 Å². The summed E-state index contributed by atoms with van der Waals surface area (Å²) in [4.78, 5) is 8.76. The molecule has 0 spiro atoms. The topological polar surface area (TPSA) is 87.4 Å². The van der Waals surface area contributed by atoms with Crippen LogP contribution in [0.5, 0.6) is 0 Å². The number of hydrogen-bond donors (Lipinski definition) is 3. The summed E-state index contributed by atoms with van der Waals surface area (Å²) < 4.78 is 2.59. The molecule has 3 aromatic heterocycles. The van der Waals surface area contributed by atoms with Crippen LogP contribution in [0.15, 0.2) is 41.3 Å². The molecule has 1 fully saturated rings. The standard InChI is InChI=1S/C17H19BrN6O/c18-12-10-21-24-16(20-9-11-3-2-6-19-8-11)7-15(23-17(12)24)22-13-4-1-5-14(13)25/h2-3,6-8,10,13-14,20,25H,1,4-5,9H2,(H,22,23)/t13-,14-/m1/s1. The number of anilines is 2. The first-order chi connectivity index (χ1) is 12.2. The van der Waals surface area contributed by atoms with E-state index in [4.69, 9.17) is 0 Å². The van der Waals surface area contributed by atoms with Crippen molar-refractivity contribution >= 4 is 33.2 Å². The third-order valence-corrected chi connectivity index (χ3v) is 5.00. The second-order valence-electron chi connectivity index (χ2n) is 6.22. The monoisotopic (exact) mass is 402 g/mol. The van der Waals surface area contributed by atoms with Crippen LogP contribution in [0.3, 0.4) is 0 Å². The normalized spacial score (nSPS) is 20.1. The number of fused-ring (bicyclic) bond motifs is 1. The van der Waals surface area contributed by atoms with E-state index >= 15 is 0 Å². The number of hydrogen-bond acceptors (Lipinski definition) is 6. The van der Waals surface area contributed by atoms with Crippen LogP contribution in [0, 0.1) is 0 Å². The maximum Gasteiger partial charge on any atom is 0.173 e.